The Hall–Kier alpha value is -4.00. The van der Waals surface area contributed by atoms with Crippen LogP contribution in [0.5, 0.6) is 0 Å². The van der Waals surface area contributed by atoms with E-state index in [4.69, 9.17) is 0 Å². The second-order valence-corrected chi connectivity index (χ2v) is 10.6. The lowest BCUT2D eigenvalue weighted by atomic mass is 10.00. The van der Waals surface area contributed by atoms with Crippen LogP contribution in [-0.4, -0.2) is 25.6 Å². The maximum Gasteiger partial charge on any atom is 0.416 e. The predicted octanol–water partition coefficient (Wildman–Crippen LogP) is 6.37. The van der Waals surface area contributed by atoms with Crippen LogP contribution in [-0.2, 0) is 16.0 Å². The molecule has 0 radical (unpaired) electrons. The monoisotopic (exact) mass is 570 g/mol. The lowest BCUT2D eigenvalue weighted by Crippen LogP contribution is -2.29. The van der Waals surface area contributed by atoms with Gasteiger partial charge in [-0.2, -0.15) is 13.2 Å². The predicted molar refractivity (Wildman–Crippen MR) is 127 cm³/mol. The van der Waals surface area contributed by atoms with Crippen LogP contribution in [0.4, 0.5) is 30.7 Å². The molecule has 0 spiro atoms. The molecule has 1 aromatic heterocycles. The van der Waals surface area contributed by atoms with Gasteiger partial charge in [-0.3, -0.25) is 9.78 Å². The maximum atomic E-state index is 14.6. The Kier molecular flexibility index (Phi) is 7.15. The summed E-state index contributed by atoms with van der Waals surface area (Å²) in [6.45, 7) is 1.04. The SMILES string of the molecule is CC(NC(=O)c1cnc2c(-c3ccc(C(F)(F)F)cc3)cccc2c1)c1c(F)c(F)c(S(C)(=O)=O)c(F)c1F. The summed E-state index contributed by atoms with van der Waals surface area (Å²) in [4.78, 5) is 15.2. The highest BCUT2D eigenvalue weighted by atomic mass is 32.2. The summed E-state index contributed by atoms with van der Waals surface area (Å²) in [5.74, 6) is -9.10. The van der Waals surface area contributed by atoms with E-state index in [1.807, 2.05) is 0 Å². The molecule has 5 nitrogen and oxygen atoms in total. The molecule has 1 unspecified atom stereocenters. The van der Waals surface area contributed by atoms with Crippen molar-refractivity contribution in [2.45, 2.75) is 24.0 Å². The van der Waals surface area contributed by atoms with Gasteiger partial charge in [0.15, 0.2) is 33.1 Å². The van der Waals surface area contributed by atoms with Gasteiger partial charge in [-0.05, 0) is 30.7 Å². The number of para-hydroxylation sites is 1. The summed E-state index contributed by atoms with van der Waals surface area (Å²) in [6, 6.07) is 8.89. The molecular formula is C26H17F7N2O3S. The van der Waals surface area contributed by atoms with Gasteiger partial charge in [0.2, 0.25) is 0 Å². The molecule has 4 aromatic rings. The number of carbonyl (C=O) groups is 1. The van der Waals surface area contributed by atoms with Crippen LogP contribution in [0, 0.1) is 23.3 Å². The summed E-state index contributed by atoms with van der Waals surface area (Å²) in [5, 5.41) is 2.59. The van der Waals surface area contributed by atoms with Gasteiger partial charge in [0.25, 0.3) is 5.91 Å². The van der Waals surface area contributed by atoms with E-state index in [9.17, 15) is 43.9 Å². The summed E-state index contributed by atoms with van der Waals surface area (Å²) in [5.41, 5.74) is -0.898. The molecule has 1 atom stereocenters. The van der Waals surface area contributed by atoms with Gasteiger partial charge in [0.1, 0.15) is 4.90 Å². The molecule has 0 aliphatic rings. The third-order valence-electron chi connectivity index (χ3n) is 5.90. The van der Waals surface area contributed by atoms with Crippen molar-refractivity contribution in [3.63, 3.8) is 0 Å². The van der Waals surface area contributed by atoms with E-state index in [0.717, 1.165) is 25.3 Å². The molecule has 1 N–H and O–H groups in total. The lowest BCUT2D eigenvalue weighted by molar-refractivity contribution is -0.137. The van der Waals surface area contributed by atoms with Crippen molar-refractivity contribution in [2.24, 2.45) is 0 Å². The Morgan fingerprint density at radius 2 is 1.51 bits per heavy atom. The largest absolute Gasteiger partial charge is 0.416 e. The van der Waals surface area contributed by atoms with Crippen LogP contribution in [0.25, 0.3) is 22.0 Å². The molecule has 13 heteroatoms. The van der Waals surface area contributed by atoms with Crippen molar-refractivity contribution < 1.29 is 43.9 Å². The number of rotatable bonds is 5. The maximum absolute atomic E-state index is 14.6. The standard InChI is InChI=1S/C26H17F7N2O3S/c1-12(18-19(27)21(29)24(39(2,37)38)22(30)20(18)28)35-25(36)15-10-14-4-3-5-17(23(14)34-11-15)13-6-8-16(9-7-13)26(31,32)33/h3-12H,1-2H3,(H,35,36). The Bertz CT molecular complexity index is 1690. The molecule has 0 aliphatic heterocycles. The van der Waals surface area contributed by atoms with E-state index in [0.29, 0.717) is 28.3 Å². The quantitative estimate of drug-likeness (QED) is 0.224. The van der Waals surface area contributed by atoms with E-state index >= 15 is 0 Å². The molecule has 39 heavy (non-hydrogen) atoms. The molecule has 4 rings (SSSR count). The fraction of sp³-hybridized carbons (Fsp3) is 0.154. The third kappa shape index (κ3) is 5.31. The number of hydrogen-bond donors (Lipinski definition) is 1. The van der Waals surface area contributed by atoms with E-state index in [-0.39, 0.29) is 5.56 Å². The van der Waals surface area contributed by atoms with E-state index in [1.54, 1.807) is 18.2 Å². The molecule has 0 fully saturated rings. The molecule has 0 saturated carbocycles. The third-order valence-corrected chi connectivity index (χ3v) is 7.00. The Balaban J connectivity index is 1.65. The number of pyridine rings is 1. The van der Waals surface area contributed by atoms with Gasteiger partial charge >= 0.3 is 6.18 Å². The smallest absolute Gasteiger partial charge is 0.345 e. The zero-order valence-corrected chi connectivity index (χ0v) is 20.8. The minimum Gasteiger partial charge on any atom is -0.345 e. The highest BCUT2D eigenvalue weighted by Crippen LogP contribution is 2.34. The number of fused-ring (bicyclic) bond motifs is 1. The highest BCUT2D eigenvalue weighted by Gasteiger charge is 2.33. The van der Waals surface area contributed by atoms with Crippen LogP contribution in [0.15, 0.2) is 59.6 Å². The minimum absolute atomic E-state index is 0.103. The molecular weight excluding hydrogens is 553 g/mol. The fourth-order valence-corrected chi connectivity index (χ4v) is 4.87. The van der Waals surface area contributed by atoms with Crippen LogP contribution >= 0.6 is 0 Å². The van der Waals surface area contributed by atoms with Crippen LogP contribution in [0.1, 0.15) is 34.5 Å². The van der Waals surface area contributed by atoms with Gasteiger partial charge in [-0.25, -0.2) is 26.0 Å². The van der Waals surface area contributed by atoms with Crippen LogP contribution < -0.4 is 5.32 Å². The van der Waals surface area contributed by atoms with Gasteiger partial charge in [-0.1, -0.05) is 30.3 Å². The topological polar surface area (TPSA) is 76.1 Å². The zero-order valence-electron chi connectivity index (χ0n) is 20.0. The van der Waals surface area contributed by atoms with Gasteiger partial charge in [0, 0.05) is 23.4 Å². The van der Waals surface area contributed by atoms with Crippen LogP contribution in [0.3, 0.4) is 0 Å². The fourth-order valence-electron chi connectivity index (χ4n) is 4.04. The molecule has 204 valence electrons. The number of alkyl halides is 3. The van der Waals surface area contributed by atoms with Crippen molar-refractivity contribution in [1.82, 2.24) is 10.3 Å². The minimum atomic E-state index is -4.65. The van der Waals surface area contributed by atoms with Gasteiger partial charge < -0.3 is 5.32 Å². The van der Waals surface area contributed by atoms with Gasteiger partial charge in [0.05, 0.1) is 28.2 Å². The number of sulfone groups is 1. The summed E-state index contributed by atoms with van der Waals surface area (Å²) in [7, 11) is -4.65. The highest BCUT2D eigenvalue weighted by molar-refractivity contribution is 7.90. The summed E-state index contributed by atoms with van der Waals surface area (Å²) >= 11 is 0. The number of carbonyl (C=O) groups excluding carboxylic acids is 1. The van der Waals surface area contributed by atoms with E-state index in [2.05, 4.69) is 10.3 Å². The van der Waals surface area contributed by atoms with Crippen molar-refractivity contribution in [3.05, 3.63) is 94.7 Å². The summed E-state index contributed by atoms with van der Waals surface area (Å²) in [6.07, 6.45) is -3.01. The molecule has 0 bridgehead atoms. The van der Waals surface area contributed by atoms with Gasteiger partial charge in [-0.15, -0.1) is 0 Å². The number of nitrogens with one attached hydrogen (secondary N) is 1. The number of aromatic nitrogens is 1. The Morgan fingerprint density at radius 1 is 0.923 bits per heavy atom. The Morgan fingerprint density at radius 3 is 2.05 bits per heavy atom. The number of halogens is 7. The first-order valence-corrected chi connectivity index (χ1v) is 12.9. The van der Waals surface area contributed by atoms with E-state index in [1.165, 1.54) is 18.2 Å². The van der Waals surface area contributed by atoms with E-state index < -0.39 is 67.3 Å². The first-order chi connectivity index (χ1) is 18.1. The zero-order chi connectivity index (χ0) is 28.9. The summed E-state index contributed by atoms with van der Waals surface area (Å²) < 4.78 is 120. The van der Waals surface area contributed by atoms with Crippen LogP contribution in [0.2, 0.25) is 0 Å². The average molecular weight is 570 g/mol. The van der Waals surface area contributed by atoms with Crippen molar-refractivity contribution in [3.8, 4) is 11.1 Å². The normalized spacial score (nSPS) is 12.9. The molecule has 1 amide bonds. The van der Waals surface area contributed by atoms with Crippen molar-refractivity contribution >= 4 is 26.6 Å². The molecule has 1 heterocycles. The molecule has 0 aliphatic carbocycles. The van der Waals surface area contributed by atoms with Crippen molar-refractivity contribution in [1.29, 1.82) is 0 Å². The number of nitrogens with zero attached hydrogens (tertiary/aromatic N) is 1. The molecule has 3 aromatic carbocycles. The first kappa shape index (κ1) is 28.0. The number of benzene rings is 3. The second-order valence-electron chi connectivity index (χ2n) is 8.64. The number of amides is 1. The lowest BCUT2D eigenvalue weighted by Gasteiger charge is -2.18. The molecule has 0 saturated heterocycles. The Labute approximate surface area is 217 Å². The average Bonchev–Trinajstić information content (AvgIpc) is 2.85. The second kappa shape index (κ2) is 9.95. The van der Waals surface area contributed by atoms with Crippen molar-refractivity contribution in [2.75, 3.05) is 6.26 Å². The first-order valence-electron chi connectivity index (χ1n) is 11.0. The number of hydrogen-bond acceptors (Lipinski definition) is 4.